The molecule has 1 fully saturated rings. The van der Waals surface area contributed by atoms with Crippen molar-refractivity contribution in [1.82, 2.24) is 5.32 Å². The maximum atomic E-state index is 10.0. The van der Waals surface area contributed by atoms with E-state index in [1.807, 2.05) is 18.2 Å². The number of aromatic hydroxyl groups is 1. The second-order valence-electron chi connectivity index (χ2n) is 5.21. The van der Waals surface area contributed by atoms with Crippen molar-refractivity contribution in [2.75, 3.05) is 7.11 Å². The number of hydrogen-bond acceptors (Lipinski definition) is 3. The zero-order valence-corrected chi connectivity index (χ0v) is 11.5. The summed E-state index contributed by atoms with van der Waals surface area (Å²) in [4.78, 5) is 0. The highest BCUT2D eigenvalue weighted by Crippen LogP contribution is 2.41. The van der Waals surface area contributed by atoms with Crippen LogP contribution in [0, 0.1) is 0 Å². The summed E-state index contributed by atoms with van der Waals surface area (Å²) in [6.45, 7) is 0.664. The Morgan fingerprint density at radius 1 is 1.15 bits per heavy atom. The van der Waals surface area contributed by atoms with E-state index < -0.39 is 0 Å². The van der Waals surface area contributed by atoms with Crippen LogP contribution >= 0.6 is 0 Å². The highest BCUT2D eigenvalue weighted by Gasteiger charge is 2.37. The first-order valence-corrected chi connectivity index (χ1v) is 6.92. The Bertz CT molecular complexity index is 583. The molecule has 104 valence electrons. The Hall–Kier alpha value is -2.00. The van der Waals surface area contributed by atoms with Gasteiger partial charge in [-0.05, 0) is 18.1 Å². The molecule has 3 nitrogen and oxygen atoms in total. The van der Waals surface area contributed by atoms with E-state index in [4.69, 9.17) is 4.74 Å². The SMILES string of the molecule is COc1cccc(CNC2CC2c2ccccc2)c1O. The summed E-state index contributed by atoms with van der Waals surface area (Å²) in [6.07, 6.45) is 1.16. The minimum atomic E-state index is 0.236. The zero-order chi connectivity index (χ0) is 13.9. The van der Waals surface area contributed by atoms with E-state index in [-0.39, 0.29) is 5.75 Å². The minimum absolute atomic E-state index is 0.236. The third-order valence-corrected chi connectivity index (χ3v) is 3.88. The number of benzene rings is 2. The molecule has 0 radical (unpaired) electrons. The molecular formula is C17H19NO2. The molecule has 2 unspecified atom stereocenters. The van der Waals surface area contributed by atoms with Crippen LogP contribution in [0.25, 0.3) is 0 Å². The van der Waals surface area contributed by atoms with Crippen molar-refractivity contribution in [2.45, 2.75) is 24.9 Å². The molecule has 20 heavy (non-hydrogen) atoms. The first-order valence-electron chi connectivity index (χ1n) is 6.92. The number of nitrogens with one attached hydrogen (secondary N) is 1. The molecule has 1 saturated carbocycles. The van der Waals surface area contributed by atoms with Crippen molar-refractivity contribution in [1.29, 1.82) is 0 Å². The molecule has 0 amide bonds. The van der Waals surface area contributed by atoms with Crippen LogP contribution in [-0.2, 0) is 6.54 Å². The summed E-state index contributed by atoms with van der Waals surface area (Å²) in [5, 5.41) is 13.5. The fourth-order valence-corrected chi connectivity index (χ4v) is 2.61. The van der Waals surface area contributed by atoms with Gasteiger partial charge in [0.25, 0.3) is 0 Å². The van der Waals surface area contributed by atoms with Crippen LogP contribution in [0.15, 0.2) is 48.5 Å². The molecule has 2 N–H and O–H groups in total. The van der Waals surface area contributed by atoms with Gasteiger partial charge in [0.1, 0.15) is 0 Å². The second-order valence-corrected chi connectivity index (χ2v) is 5.21. The number of ether oxygens (including phenoxy) is 1. The predicted molar refractivity (Wildman–Crippen MR) is 79.1 cm³/mol. The minimum Gasteiger partial charge on any atom is -0.504 e. The van der Waals surface area contributed by atoms with E-state index in [9.17, 15) is 5.11 Å². The molecule has 1 aliphatic rings. The molecule has 0 saturated heterocycles. The van der Waals surface area contributed by atoms with Crippen LogP contribution in [0.4, 0.5) is 0 Å². The van der Waals surface area contributed by atoms with Crippen molar-refractivity contribution >= 4 is 0 Å². The average Bonchev–Trinajstić information content (AvgIpc) is 3.27. The third-order valence-electron chi connectivity index (χ3n) is 3.88. The highest BCUT2D eigenvalue weighted by molar-refractivity contribution is 5.45. The number of rotatable bonds is 5. The van der Waals surface area contributed by atoms with Crippen LogP contribution in [0.2, 0.25) is 0 Å². The molecule has 0 bridgehead atoms. The summed E-state index contributed by atoms with van der Waals surface area (Å²) in [7, 11) is 1.57. The largest absolute Gasteiger partial charge is 0.504 e. The van der Waals surface area contributed by atoms with E-state index in [1.165, 1.54) is 5.56 Å². The van der Waals surface area contributed by atoms with Crippen LogP contribution < -0.4 is 10.1 Å². The van der Waals surface area contributed by atoms with E-state index >= 15 is 0 Å². The maximum Gasteiger partial charge on any atom is 0.162 e. The lowest BCUT2D eigenvalue weighted by atomic mass is 10.1. The van der Waals surface area contributed by atoms with E-state index in [2.05, 4.69) is 29.6 Å². The summed E-state index contributed by atoms with van der Waals surface area (Å²) in [6, 6.07) is 16.7. The Labute approximate surface area is 119 Å². The Morgan fingerprint density at radius 2 is 1.95 bits per heavy atom. The number of phenolic OH excluding ortho intramolecular Hbond substituents is 1. The zero-order valence-electron chi connectivity index (χ0n) is 11.5. The Balaban J connectivity index is 1.59. The topological polar surface area (TPSA) is 41.5 Å². The van der Waals surface area contributed by atoms with Gasteiger partial charge in [-0.15, -0.1) is 0 Å². The van der Waals surface area contributed by atoms with Gasteiger partial charge in [0.05, 0.1) is 7.11 Å². The van der Waals surface area contributed by atoms with Crippen molar-refractivity contribution in [3.05, 3.63) is 59.7 Å². The average molecular weight is 269 g/mol. The molecule has 0 spiro atoms. The Kier molecular flexibility index (Phi) is 3.61. The maximum absolute atomic E-state index is 10.0. The van der Waals surface area contributed by atoms with Gasteiger partial charge in [0, 0.05) is 24.1 Å². The van der Waals surface area contributed by atoms with Gasteiger partial charge < -0.3 is 15.2 Å². The summed E-state index contributed by atoms with van der Waals surface area (Å²) in [5.41, 5.74) is 2.27. The molecule has 2 aromatic carbocycles. The van der Waals surface area contributed by atoms with Crippen molar-refractivity contribution in [3.8, 4) is 11.5 Å². The molecule has 0 aliphatic heterocycles. The van der Waals surface area contributed by atoms with Gasteiger partial charge in [-0.1, -0.05) is 42.5 Å². The molecule has 0 aromatic heterocycles. The lowest BCUT2D eigenvalue weighted by Crippen LogP contribution is -2.17. The standard InChI is InChI=1S/C17H19NO2/c1-20-16-9-5-8-13(17(16)19)11-18-15-10-14(15)12-6-3-2-4-7-12/h2-9,14-15,18-19H,10-11H2,1H3. The Morgan fingerprint density at radius 3 is 2.70 bits per heavy atom. The van der Waals surface area contributed by atoms with E-state index in [0.29, 0.717) is 24.3 Å². The summed E-state index contributed by atoms with van der Waals surface area (Å²) >= 11 is 0. The molecular weight excluding hydrogens is 250 g/mol. The van der Waals surface area contributed by atoms with Gasteiger partial charge in [0.2, 0.25) is 0 Å². The van der Waals surface area contributed by atoms with Crippen LogP contribution in [-0.4, -0.2) is 18.3 Å². The lowest BCUT2D eigenvalue weighted by molar-refractivity contribution is 0.369. The predicted octanol–water partition coefficient (Wildman–Crippen LogP) is 3.05. The lowest BCUT2D eigenvalue weighted by Gasteiger charge is -2.09. The molecule has 0 heterocycles. The number of hydrogen-bond donors (Lipinski definition) is 2. The summed E-state index contributed by atoms with van der Waals surface area (Å²) < 4.78 is 5.12. The van der Waals surface area contributed by atoms with Crippen molar-refractivity contribution in [2.24, 2.45) is 0 Å². The molecule has 2 aromatic rings. The van der Waals surface area contributed by atoms with Gasteiger partial charge >= 0.3 is 0 Å². The first-order chi connectivity index (χ1) is 9.79. The molecule has 3 rings (SSSR count). The van der Waals surface area contributed by atoms with Gasteiger partial charge in [-0.2, -0.15) is 0 Å². The summed E-state index contributed by atoms with van der Waals surface area (Å²) in [5.74, 6) is 1.36. The van der Waals surface area contributed by atoms with Gasteiger partial charge in [-0.3, -0.25) is 0 Å². The normalized spacial score (nSPS) is 20.6. The smallest absolute Gasteiger partial charge is 0.162 e. The monoisotopic (exact) mass is 269 g/mol. The van der Waals surface area contributed by atoms with E-state index in [1.54, 1.807) is 13.2 Å². The second kappa shape index (κ2) is 5.55. The van der Waals surface area contributed by atoms with Crippen LogP contribution in [0.3, 0.4) is 0 Å². The quantitative estimate of drug-likeness (QED) is 0.876. The van der Waals surface area contributed by atoms with Crippen LogP contribution in [0.1, 0.15) is 23.5 Å². The number of para-hydroxylation sites is 1. The fraction of sp³-hybridized carbons (Fsp3) is 0.294. The highest BCUT2D eigenvalue weighted by atomic mass is 16.5. The fourth-order valence-electron chi connectivity index (χ4n) is 2.61. The van der Waals surface area contributed by atoms with Gasteiger partial charge in [-0.25, -0.2) is 0 Å². The first kappa shape index (κ1) is 13.0. The third kappa shape index (κ3) is 2.63. The van der Waals surface area contributed by atoms with Crippen LogP contribution in [0.5, 0.6) is 11.5 Å². The van der Waals surface area contributed by atoms with Crippen molar-refractivity contribution < 1.29 is 9.84 Å². The molecule has 1 aliphatic carbocycles. The van der Waals surface area contributed by atoms with E-state index in [0.717, 1.165) is 12.0 Å². The van der Waals surface area contributed by atoms with Gasteiger partial charge in [0.15, 0.2) is 11.5 Å². The molecule has 3 heteroatoms. The molecule has 2 atom stereocenters. The van der Waals surface area contributed by atoms with Crippen molar-refractivity contribution in [3.63, 3.8) is 0 Å². The number of methoxy groups -OCH3 is 1. The number of phenols is 1.